The van der Waals surface area contributed by atoms with E-state index in [9.17, 15) is 14.4 Å². The number of methoxy groups -OCH3 is 1. The summed E-state index contributed by atoms with van der Waals surface area (Å²) < 4.78 is 11.7. The molecule has 0 radical (unpaired) electrons. The predicted molar refractivity (Wildman–Crippen MR) is 166 cm³/mol. The highest BCUT2D eigenvalue weighted by Gasteiger charge is 2.69. The number of para-hydroxylation sites is 1. The Morgan fingerprint density at radius 1 is 0.930 bits per heavy atom. The van der Waals surface area contributed by atoms with Crippen LogP contribution in [-0.2, 0) is 16.2 Å². The number of benzene rings is 3. The molecular weight excluding hydrogens is 604 g/mol. The smallest absolute Gasteiger partial charge is 0.305 e. The summed E-state index contributed by atoms with van der Waals surface area (Å²) in [5.41, 5.74) is 2.59. The maximum absolute atomic E-state index is 14.0. The van der Waals surface area contributed by atoms with Crippen LogP contribution in [0.4, 0.5) is 5.69 Å². The number of aromatic nitrogens is 1. The molecule has 2 saturated carbocycles. The highest BCUT2D eigenvalue weighted by atomic mass is 35.5. The number of imide groups is 1. The van der Waals surface area contributed by atoms with Gasteiger partial charge in [0.25, 0.3) is 0 Å². The van der Waals surface area contributed by atoms with E-state index in [1.54, 1.807) is 43.1 Å². The number of amides is 2. The van der Waals surface area contributed by atoms with Gasteiger partial charge in [-0.3, -0.25) is 19.3 Å². The van der Waals surface area contributed by atoms with Gasteiger partial charge in [0.15, 0.2) is 0 Å². The standard InChI is InChI=1S/C33H27ClN2O5S2/c1-40-19-12-10-18(11-13-19)36-31(37)26-21-14-22(27(26)32(36)38)28-25(21)24(29-30(42-28)35-33(39)43-29)20-4-2-3-5-23(20)41-15-16-6-8-17(34)9-7-16/h2-13,21-22,24-28H,14-15H2,1H3,(H,35,39)/t21-,22-,24?,25?,26?,27?,28?/m1/s1. The number of rotatable bonds is 6. The number of nitrogens with zero attached hydrogens (tertiary/aromatic N) is 1. The van der Waals surface area contributed by atoms with E-state index < -0.39 is 0 Å². The van der Waals surface area contributed by atoms with Crippen LogP contribution in [0.25, 0.3) is 0 Å². The normalized spacial score (nSPS) is 28.5. The fraction of sp³-hybridized carbons (Fsp3) is 0.303. The highest BCUT2D eigenvalue weighted by Crippen LogP contribution is 2.69. The zero-order chi connectivity index (χ0) is 29.4. The minimum Gasteiger partial charge on any atom is -0.497 e. The molecule has 7 atom stereocenters. The van der Waals surface area contributed by atoms with Gasteiger partial charge in [-0.25, -0.2) is 0 Å². The Balaban J connectivity index is 1.17. The third-order valence-electron chi connectivity index (χ3n) is 9.62. The number of halogens is 1. The summed E-state index contributed by atoms with van der Waals surface area (Å²) in [5, 5.41) is 1.65. The van der Waals surface area contributed by atoms with Crippen molar-refractivity contribution in [2.24, 2.45) is 29.6 Å². The van der Waals surface area contributed by atoms with Crippen LogP contribution >= 0.6 is 34.7 Å². The number of hydrogen-bond acceptors (Lipinski definition) is 7. The first-order valence-corrected chi connectivity index (χ1v) is 16.4. The third kappa shape index (κ3) is 4.19. The average Bonchev–Trinajstić information content (AvgIpc) is 3.76. The van der Waals surface area contributed by atoms with Crippen molar-refractivity contribution in [1.29, 1.82) is 0 Å². The SMILES string of the molecule is COc1ccc(N2C(=O)C3C(C2=O)[C@@H]2C[C@H]3C3Sc4[nH]c(=O)sc4C(c4ccccc4OCc4ccc(Cl)cc4)C32)cc1. The van der Waals surface area contributed by atoms with E-state index in [4.69, 9.17) is 21.1 Å². The van der Waals surface area contributed by atoms with Crippen molar-refractivity contribution in [2.75, 3.05) is 12.0 Å². The van der Waals surface area contributed by atoms with E-state index in [0.29, 0.717) is 23.1 Å². The number of ether oxygens (including phenoxy) is 2. The summed E-state index contributed by atoms with van der Waals surface area (Å²) in [7, 11) is 1.59. The third-order valence-corrected chi connectivity index (χ3v) is 12.5. The fourth-order valence-corrected chi connectivity index (χ4v) is 11.0. The molecule has 1 aromatic heterocycles. The molecule has 2 aliphatic carbocycles. The Morgan fingerprint density at radius 3 is 2.40 bits per heavy atom. The molecule has 5 unspecified atom stereocenters. The molecule has 7 nitrogen and oxygen atoms in total. The number of thiazole rings is 1. The number of anilines is 1. The van der Waals surface area contributed by atoms with Gasteiger partial charge in [-0.2, -0.15) is 0 Å². The van der Waals surface area contributed by atoms with Gasteiger partial charge in [-0.05, 0) is 72.2 Å². The second-order valence-electron chi connectivity index (χ2n) is 11.6. The molecule has 2 bridgehead atoms. The maximum atomic E-state index is 14.0. The Bertz CT molecular complexity index is 1800. The number of hydrogen-bond donors (Lipinski definition) is 1. The first-order valence-electron chi connectivity index (χ1n) is 14.3. The zero-order valence-corrected chi connectivity index (χ0v) is 25.5. The van der Waals surface area contributed by atoms with Crippen LogP contribution in [0.1, 0.15) is 28.3 Å². The molecule has 4 aliphatic rings. The molecule has 2 aliphatic heterocycles. The van der Waals surface area contributed by atoms with Crippen molar-refractivity contribution < 1.29 is 19.1 Å². The van der Waals surface area contributed by atoms with E-state index in [-0.39, 0.29) is 57.4 Å². The van der Waals surface area contributed by atoms with E-state index in [1.165, 1.54) is 16.2 Å². The minimum atomic E-state index is -0.372. The zero-order valence-electron chi connectivity index (χ0n) is 23.1. The summed E-state index contributed by atoms with van der Waals surface area (Å²) in [5.74, 6) is 0.509. The topological polar surface area (TPSA) is 88.7 Å². The number of H-pyrrole nitrogens is 1. The van der Waals surface area contributed by atoms with Gasteiger partial charge in [0.2, 0.25) is 11.8 Å². The van der Waals surface area contributed by atoms with Crippen molar-refractivity contribution in [1.82, 2.24) is 4.98 Å². The van der Waals surface area contributed by atoms with Crippen molar-refractivity contribution in [3.05, 3.63) is 103 Å². The summed E-state index contributed by atoms with van der Waals surface area (Å²) in [6.45, 7) is 0.376. The van der Waals surface area contributed by atoms with Gasteiger partial charge in [0.1, 0.15) is 18.1 Å². The fourth-order valence-electron chi connectivity index (χ4n) is 7.96. The molecule has 10 heteroatoms. The number of carbonyl (C=O) groups excluding carboxylic acids is 2. The molecule has 3 aromatic carbocycles. The van der Waals surface area contributed by atoms with E-state index >= 15 is 0 Å². The van der Waals surface area contributed by atoms with Crippen LogP contribution in [0.2, 0.25) is 5.02 Å². The van der Waals surface area contributed by atoms with Crippen LogP contribution in [0.15, 0.2) is 82.6 Å². The maximum Gasteiger partial charge on any atom is 0.305 e. The molecule has 3 heterocycles. The summed E-state index contributed by atoms with van der Waals surface area (Å²) >= 11 is 9.01. The van der Waals surface area contributed by atoms with Crippen molar-refractivity contribution in [2.45, 2.75) is 29.2 Å². The van der Waals surface area contributed by atoms with Crippen LogP contribution < -0.4 is 19.2 Å². The Kier molecular flexibility index (Phi) is 6.47. The summed E-state index contributed by atoms with van der Waals surface area (Å²) in [6, 6.07) is 22.7. The van der Waals surface area contributed by atoms with Crippen molar-refractivity contribution in [3.8, 4) is 11.5 Å². The second-order valence-corrected chi connectivity index (χ2v) is 14.3. The molecule has 218 valence electrons. The average molecular weight is 631 g/mol. The predicted octanol–water partition coefficient (Wildman–Crippen LogP) is 6.36. The van der Waals surface area contributed by atoms with Crippen LogP contribution in [0.5, 0.6) is 11.5 Å². The Labute approximate surface area is 261 Å². The molecule has 43 heavy (non-hydrogen) atoms. The largest absolute Gasteiger partial charge is 0.497 e. The Morgan fingerprint density at radius 2 is 1.65 bits per heavy atom. The van der Waals surface area contributed by atoms with Crippen molar-refractivity contribution >= 4 is 52.2 Å². The number of aromatic amines is 1. The van der Waals surface area contributed by atoms with Gasteiger partial charge >= 0.3 is 4.87 Å². The lowest BCUT2D eigenvalue weighted by Gasteiger charge is -2.43. The van der Waals surface area contributed by atoms with E-state index in [1.807, 2.05) is 42.5 Å². The lowest BCUT2D eigenvalue weighted by Crippen LogP contribution is -2.42. The van der Waals surface area contributed by atoms with Crippen LogP contribution in [-0.4, -0.2) is 29.2 Å². The second kappa shape index (κ2) is 10.3. The number of thioether (sulfide) groups is 1. The summed E-state index contributed by atoms with van der Waals surface area (Å²) in [4.78, 5) is 46.0. The monoisotopic (exact) mass is 630 g/mol. The van der Waals surface area contributed by atoms with Crippen molar-refractivity contribution in [3.63, 3.8) is 0 Å². The van der Waals surface area contributed by atoms with Gasteiger partial charge in [-0.1, -0.05) is 53.3 Å². The molecule has 1 N–H and O–H groups in total. The molecule has 4 aromatic rings. The highest BCUT2D eigenvalue weighted by molar-refractivity contribution is 8.00. The number of carbonyl (C=O) groups is 2. The van der Waals surface area contributed by atoms with Gasteiger partial charge in [-0.15, -0.1) is 11.8 Å². The first kappa shape index (κ1) is 27.0. The van der Waals surface area contributed by atoms with Crippen LogP contribution in [0.3, 0.4) is 0 Å². The van der Waals surface area contributed by atoms with E-state index in [2.05, 4.69) is 11.1 Å². The minimum absolute atomic E-state index is 0.0203. The van der Waals surface area contributed by atoms with Gasteiger partial charge < -0.3 is 14.5 Å². The van der Waals surface area contributed by atoms with Gasteiger partial charge in [0, 0.05) is 26.6 Å². The molecule has 2 amide bonds. The molecule has 8 rings (SSSR count). The number of nitrogens with one attached hydrogen (secondary N) is 1. The molecular formula is C33H27ClN2O5S2. The lowest BCUT2D eigenvalue weighted by atomic mass is 9.68. The molecule has 0 spiro atoms. The quantitative estimate of drug-likeness (QED) is 0.250. The summed E-state index contributed by atoms with van der Waals surface area (Å²) in [6.07, 6.45) is 0.828. The first-order chi connectivity index (χ1) is 20.9. The number of fused-ring (bicyclic) bond motifs is 9. The lowest BCUT2D eigenvalue weighted by molar-refractivity contribution is -0.123. The molecule has 1 saturated heterocycles. The molecule has 3 fully saturated rings. The van der Waals surface area contributed by atoms with Crippen LogP contribution in [0, 0.1) is 29.6 Å². The van der Waals surface area contributed by atoms with Gasteiger partial charge in [0.05, 0.1) is 29.7 Å². The van der Waals surface area contributed by atoms with E-state index in [0.717, 1.165) is 33.2 Å². The Hall–Kier alpha value is -3.53.